The van der Waals surface area contributed by atoms with Crippen molar-refractivity contribution in [3.8, 4) is 0 Å². The Hall–Kier alpha value is -2.41. The van der Waals surface area contributed by atoms with Crippen molar-refractivity contribution in [3.63, 3.8) is 0 Å². The second-order valence-corrected chi connectivity index (χ2v) is 6.75. The Morgan fingerprint density at radius 2 is 1.81 bits per heavy atom. The van der Waals surface area contributed by atoms with Crippen molar-refractivity contribution in [3.05, 3.63) is 42.3 Å². The van der Waals surface area contributed by atoms with Crippen LogP contribution in [0, 0.1) is 5.82 Å². The molecule has 0 atom stereocenters. The first-order chi connectivity index (χ1) is 12.6. The van der Waals surface area contributed by atoms with E-state index in [1.54, 1.807) is 12.3 Å². The average molecular weight is 358 g/mol. The van der Waals surface area contributed by atoms with E-state index in [0.29, 0.717) is 11.6 Å². The third-order valence-corrected chi connectivity index (χ3v) is 4.50. The maximum absolute atomic E-state index is 14.0. The average Bonchev–Trinajstić information content (AvgIpc) is 2.66. The molecule has 7 heteroatoms. The number of para-hydroxylation sites is 1. The minimum absolute atomic E-state index is 0.160. The van der Waals surface area contributed by atoms with Crippen LogP contribution in [-0.2, 0) is 0 Å². The van der Waals surface area contributed by atoms with E-state index >= 15 is 0 Å². The van der Waals surface area contributed by atoms with Crippen LogP contribution in [0.15, 0.2) is 36.5 Å². The lowest BCUT2D eigenvalue weighted by molar-refractivity contribution is 0.405. The number of anilines is 3. The molecule has 1 saturated heterocycles. The highest BCUT2D eigenvalue weighted by molar-refractivity contribution is 5.51. The van der Waals surface area contributed by atoms with E-state index in [0.717, 1.165) is 51.5 Å². The van der Waals surface area contributed by atoms with E-state index in [1.165, 1.54) is 6.07 Å². The monoisotopic (exact) mass is 358 g/mol. The minimum Gasteiger partial charge on any atom is -0.366 e. The van der Waals surface area contributed by atoms with E-state index in [9.17, 15) is 4.39 Å². The molecule has 2 aromatic rings. The van der Waals surface area contributed by atoms with Crippen LogP contribution < -0.4 is 15.1 Å². The fourth-order valence-corrected chi connectivity index (χ4v) is 3.09. The lowest BCUT2D eigenvalue weighted by Gasteiger charge is -2.36. The van der Waals surface area contributed by atoms with Crippen molar-refractivity contribution in [2.24, 2.45) is 0 Å². The first kappa shape index (κ1) is 18.4. The van der Waals surface area contributed by atoms with Gasteiger partial charge in [0.2, 0.25) is 5.95 Å². The summed E-state index contributed by atoms with van der Waals surface area (Å²) in [5, 5.41) is 3.29. The number of nitrogens with zero attached hydrogens (tertiary/aromatic N) is 5. The van der Waals surface area contributed by atoms with E-state index < -0.39 is 0 Å². The second-order valence-electron chi connectivity index (χ2n) is 6.75. The summed E-state index contributed by atoms with van der Waals surface area (Å²) in [6.45, 7) is 5.05. The number of rotatable bonds is 7. The molecule has 0 radical (unpaired) electrons. The summed E-state index contributed by atoms with van der Waals surface area (Å²) in [7, 11) is 4.14. The van der Waals surface area contributed by atoms with Gasteiger partial charge in [-0.25, -0.2) is 9.37 Å². The van der Waals surface area contributed by atoms with Gasteiger partial charge in [0.05, 0.1) is 5.69 Å². The molecule has 6 nitrogen and oxygen atoms in total. The van der Waals surface area contributed by atoms with E-state index in [2.05, 4.69) is 44.1 Å². The van der Waals surface area contributed by atoms with Crippen molar-refractivity contribution >= 4 is 17.5 Å². The highest BCUT2D eigenvalue weighted by atomic mass is 19.1. The van der Waals surface area contributed by atoms with Gasteiger partial charge in [0.1, 0.15) is 11.6 Å². The van der Waals surface area contributed by atoms with Crippen LogP contribution in [0.4, 0.5) is 21.8 Å². The Morgan fingerprint density at radius 1 is 1.08 bits per heavy atom. The maximum atomic E-state index is 14.0. The first-order valence-corrected chi connectivity index (χ1v) is 9.09. The molecule has 1 aromatic heterocycles. The fraction of sp³-hybridized carbons (Fsp3) is 0.474. The molecule has 1 aliphatic heterocycles. The zero-order valence-corrected chi connectivity index (χ0v) is 15.5. The molecule has 1 aromatic carbocycles. The maximum Gasteiger partial charge on any atom is 0.224 e. The van der Waals surface area contributed by atoms with Crippen LogP contribution in [-0.4, -0.2) is 68.2 Å². The van der Waals surface area contributed by atoms with Crippen LogP contribution in [0.5, 0.6) is 0 Å². The third kappa shape index (κ3) is 4.82. The number of piperazine rings is 1. The van der Waals surface area contributed by atoms with Crippen molar-refractivity contribution < 1.29 is 4.39 Å². The molecular formula is C19H27FN6. The highest BCUT2D eigenvalue weighted by Crippen LogP contribution is 2.22. The molecule has 0 amide bonds. The summed E-state index contributed by atoms with van der Waals surface area (Å²) in [5.74, 6) is 1.42. The standard InChI is InChI=1S/C19H27FN6/c1-24(2)11-5-9-21-19-22-10-8-18(23-19)26-14-12-25(13-15-26)17-7-4-3-6-16(17)20/h3-4,6-8,10H,5,9,11-15H2,1-2H3,(H,21,22,23). The molecule has 1 N–H and O–H groups in total. The number of hydrogen-bond donors (Lipinski definition) is 1. The minimum atomic E-state index is -0.160. The molecule has 0 bridgehead atoms. The normalized spacial score (nSPS) is 14.8. The van der Waals surface area contributed by atoms with E-state index in [-0.39, 0.29) is 5.82 Å². The largest absolute Gasteiger partial charge is 0.366 e. The van der Waals surface area contributed by atoms with Crippen LogP contribution in [0.1, 0.15) is 6.42 Å². The predicted octanol–water partition coefficient (Wildman–Crippen LogP) is 2.31. The van der Waals surface area contributed by atoms with E-state index in [1.807, 2.05) is 18.2 Å². The molecule has 0 spiro atoms. The predicted molar refractivity (Wildman–Crippen MR) is 105 cm³/mol. The van der Waals surface area contributed by atoms with Gasteiger partial charge in [0, 0.05) is 38.9 Å². The smallest absolute Gasteiger partial charge is 0.224 e. The van der Waals surface area contributed by atoms with Gasteiger partial charge in [-0.1, -0.05) is 12.1 Å². The molecule has 3 rings (SSSR count). The first-order valence-electron chi connectivity index (χ1n) is 9.09. The fourth-order valence-electron chi connectivity index (χ4n) is 3.09. The number of benzene rings is 1. The summed E-state index contributed by atoms with van der Waals surface area (Å²) in [6.07, 6.45) is 2.84. The Labute approximate surface area is 154 Å². The molecule has 26 heavy (non-hydrogen) atoms. The zero-order chi connectivity index (χ0) is 18.4. The summed E-state index contributed by atoms with van der Waals surface area (Å²) in [4.78, 5) is 15.4. The number of halogens is 1. The SMILES string of the molecule is CN(C)CCCNc1nccc(N2CCN(c3ccccc3F)CC2)n1. The number of hydrogen-bond acceptors (Lipinski definition) is 6. The number of aromatic nitrogens is 2. The Morgan fingerprint density at radius 3 is 2.54 bits per heavy atom. The van der Waals surface area contributed by atoms with Gasteiger partial charge in [-0.2, -0.15) is 4.98 Å². The van der Waals surface area contributed by atoms with Crippen molar-refractivity contribution in [2.45, 2.75) is 6.42 Å². The third-order valence-electron chi connectivity index (χ3n) is 4.50. The van der Waals surface area contributed by atoms with Crippen molar-refractivity contribution in [2.75, 3.05) is 68.5 Å². The van der Waals surface area contributed by atoms with Gasteiger partial charge < -0.3 is 20.0 Å². The van der Waals surface area contributed by atoms with Gasteiger partial charge in [-0.3, -0.25) is 0 Å². The molecule has 1 fully saturated rings. The summed E-state index contributed by atoms with van der Waals surface area (Å²) in [6, 6.07) is 8.89. The van der Waals surface area contributed by atoms with Crippen LogP contribution in [0.3, 0.4) is 0 Å². The summed E-state index contributed by atoms with van der Waals surface area (Å²) >= 11 is 0. The van der Waals surface area contributed by atoms with Crippen LogP contribution in [0.2, 0.25) is 0 Å². The van der Waals surface area contributed by atoms with Crippen molar-refractivity contribution in [1.82, 2.24) is 14.9 Å². The molecule has 0 unspecified atom stereocenters. The van der Waals surface area contributed by atoms with Gasteiger partial charge in [-0.05, 0) is 45.3 Å². The van der Waals surface area contributed by atoms with Crippen LogP contribution in [0.25, 0.3) is 0 Å². The zero-order valence-electron chi connectivity index (χ0n) is 15.5. The highest BCUT2D eigenvalue weighted by Gasteiger charge is 2.20. The second kappa shape index (κ2) is 8.80. The molecule has 2 heterocycles. The Balaban J connectivity index is 1.54. The Kier molecular flexibility index (Phi) is 6.22. The van der Waals surface area contributed by atoms with Gasteiger partial charge in [0.15, 0.2) is 0 Å². The molecule has 0 saturated carbocycles. The molecule has 140 valence electrons. The van der Waals surface area contributed by atoms with Gasteiger partial charge >= 0.3 is 0 Å². The lowest BCUT2D eigenvalue weighted by atomic mass is 10.2. The quantitative estimate of drug-likeness (QED) is 0.767. The van der Waals surface area contributed by atoms with Gasteiger partial charge in [-0.15, -0.1) is 0 Å². The van der Waals surface area contributed by atoms with E-state index in [4.69, 9.17) is 0 Å². The summed E-state index contributed by atoms with van der Waals surface area (Å²) < 4.78 is 14.0. The Bertz CT molecular complexity index is 700. The summed E-state index contributed by atoms with van der Waals surface area (Å²) in [5.41, 5.74) is 0.679. The topological polar surface area (TPSA) is 47.5 Å². The van der Waals surface area contributed by atoms with Crippen molar-refractivity contribution in [1.29, 1.82) is 0 Å². The molecular weight excluding hydrogens is 331 g/mol. The van der Waals surface area contributed by atoms with Crippen LogP contribution >= 0.6 is 0 Å². The van der Waals surface area contributed by atoms with Gasteiger partial charge in [0.25, 0.3) is 0 Å². The number of nitrogens with one attached hydrogen (secondary N) is 1. The molecule has 0 aliphatic carbocycles. The molecule has 1 aliphatic rings. The lowest BCUT2D eigenvalue weighted by Crippen LogP contribution is -2.47.